The lowest BCUT2D eigenvalue weighted by Crippen LogP contribution is -2.30. The van der Waals surface area contributed by atoms with Gasteiger partial charge in [-0.2, -0.15) is 0 Å². The van der Waals surface area contributed by atoms with Crippen LogP contribution >= 0.6 is 22.9 Å². The van der Waals surface area contributed by atoms with Crippen LogP contribution in [0.1, 0.15) is 32.0 Å². The van der Waals surface area contributed by atoms with Crippen molar-refractivity contribution in [2.24, 2.45) is 5.92 Å². The summed E-state index contributed by atoms with van der Waals surface area (Å²) in [7, 11) is 0. The van der Waals surface area contributed by atoms with E-state index in [0.29, 0.717) is 29.9 Å². The second-order valence-corrected chi connectivity index (χ2v) is 6.57. The van der Waals surface area contributed by atoms with Gasteiger partial charge < -0.3 is 4.90 Å². The van der Waals surface area contributed by atoms with Crippen LogP contribution in [-0.2, 0) is 11.3 Å². The molecule has 1 fully saturated rings. The maximum atomic E-state index is 12.1. The van der Waals surface area contributed by atoms with Gasteiger partial charge in [0.05, 0.1) is 6.54 Å². The molecule has 1 unspecified atom stereocenters. The molecule has 0 N–H and O–H groups in total. The third-order valence-corrected chi connectivity index (χ3v) is 4.85. The van der Waals surface area contributed by atoms with Crippen LogP contribution in [0.25, 0.3) is 10.2 Å². The Morgan fingerprint density at radius 1 is 1.45 bits per heavy atom. The van der Waals surface area contributed by atoms with Crippen molar-refractivity contribution in [3.05, 3.63) is 22.4 Å². The molecular formula is C14H16ClN3OS. The first-order valence-electron chi connectivity index (χ1n) is 6.81. The van der Waals surface area contributed by atoms with Crippen molar-refractivity contribution in [1.29, 1.82) is 0 Å². The average molecular weight is 310 g/mol. The molecule has 3 rings (SSSR count). The first kappa shape index (κ1) is 13.8. The summed E-state index contributed by atoms with van der Waals surface area (Å²) in [6, 6.07) is 1.92. The second kappa shape index (κ2) is 5.66. The summed E-state index contributed by atoms with van der Waals surface area (Å²) in [5.74, 6) is 1.43. The zero-order chi connectivity index (χ0) is 14.1. The first-order valence-corrected chi connectivity index (χ1v) is 8.06. The van der Waals surface area contributed by atoms with Gasteiger partial charge in [0.1, 0.15) is 9.98 Å². The molecule has 1 amide bonds. The fourth-order valence-corrected chi connectivity index (χ4v) is 3.53. The Kier molecular flexibility index (Phi) is 3.89. The molecule has 2 aromatic rings. The Balaban J connectivity index is 1.82. The second-order valence-electron chi connectivity index (χ2n) is 5.32. The lowest BCUT2D eigenvalue weighted by molar-refractivity contribution is -0.131. The lowest BCUT2D eigenvalue weighted by atomic mass is 10.0. The molecule has 1 aliphatic heterocycles. The Morgan fingerprint density at radius 3 is 3.15 bits per heavy atom. The summed E-state index contributed by atoms with van der Waals surface area (Å²) in [5, 5.41) is 3.31. The van der Waals surface area contributed by atoms with E-state index in [1.807, 2.05) is 16.3 Å². The van der Waals surface area contributed by atoms with Gasteiger partial charge in [0, 0.05) is 18.4 Å². The molecule has 1 atom stereocenters. The van der Waals surface area contributed by atoms with Crippen molar-refractivity contribution >= 4 is 39.1 Å². The van der Waals surface area contributed by atoms with Gasteiger partial charge in [0.25, 0.3) is 0 Å². The summed E-state index contributed by atoms with van der Waals surface area (Å²) in [6.45, 7) is 3.43. The zero-order valence-electron chi connectivity index (χ0n) is 11.3. The average Bonchev–Trinajstić information content (AvgIpc) is 2.83. The fourth-order valence-electron chi connectivity index (χ4n) is 2.44. The van der Waals surface area contributed by atoms with Crippen LogP contribution in [0.5, 0.6) is 0 Å². The van der Waals surface area contributed by atoms with Gasteiger partial charge in [-0.25, -0.2) is 9.97 Å². The predicted octanol–water partition coefficient (Wildman–Crippen LogP) is 3.49. The highest BCUT2D eigenvalue weighted by atomic mass is 35.5. The predicted molar refractivity (Wildman–Crippen MR) is 80.9 cm³/mol. The number of amides is 1. The maximum absolute atomic E-state index is 12.1. The van der Waals surface area contributed by atoms with Gasteiger partial charge in [-0.15, -0.1) is 11.3 Å². The van der Waals surface area contributed by atoms with E-state index in [4.69, 9.17) is 11.6 Å². The van der Waals surface area contributed by atoms with Gasteiger partial charge in [-0.3, -0.25) is 4.79 Å². The fraction of sp³-hybridized carbons (Fsp3) is 0.500. The van der Waals surface area contributed by atoms with Crippen molar-refractivity contribution in [3.63, 3.8) is 0 Å². The van der Waals surface area contributed by atoms with Crippen molar-refractivity contribution in [3.8, 4) is 0 Å². The van der Waals surface area contributed by atoms with E-state index in [1.54, 1.807) is 11.3 Å². The highest BCUT2D eigenvalue weighted by molar-refractivity contribution is 7.16. The van der Waals surface area contributed by atoms with E-state index in [2.05, 4.69) is 16.9 Å². The Morgan fingerprint density at radius 2 is 2.30 bits per heavy atom. The molecule has 6 heteroatoms. The molecule has 0 aliphatic carbocycles. The van der Waals surface area contributed by atoms with Crippen LogP contribution in [0.15, 0.2) is 11.4 Å². The standard InChI is InChI=1S/C14H16ClN3OS/c1-9-2-3-12(19)18(6-4-9)8-11-16-13(15)10-5-7-20-14(10)17-11/h5,7,9H,2-4,6,8H2,1H3. The van der Waals surface area contributed by atoms with Gasteiger partial charge in [-0.1, -0.05) is 18.5 Å². The van der Waals surface area contributed by atoms with Gasteiger partial charge in [0.2, 0.25) is 5.91 Å². The largest absolute Gasteiger partial charge is 0.335 e. The SMILES string of the molecule is CC1CCC(=O)N(Cc2nc(Cl)c3ccsc3n2)CC1. The van der Waals surface area contributed by atoms with Crippen molar-refractivity contribution in [2.45, 2.75) is 32.7 Å². The Bertz CT molecular complexity index is 642. The van der Waals surface area contributed by atoms with Crippen LogP contribution < -0.4 is 0 Å². The lowest BCUT2D eigenvalue weighted by Gasteiger charge is -2.19. The highest BCUT2D eigenvalue weighted by Gasteiger charge is 2.21. The number of fused-ring (bicyclic) bond motifs is 1. The number of thiophene rings is 1. The van der Waals surface area contributed by atoms with Crippen LogP contribution in [0.2, 0.25) is 5.15 Å². The normalized spacial score (nSPS) is 20.4. The summed E-state index contributed by atoms with van der Waals surface area (Å²) in [6.07, 6.45) is 2.64. The van der Waals surface area contributed by atoms with Crippen LogP contribution in [0.3, 0.4) is 0 Å². The number of rotatable bonds is 2. The molecule has 0 bridgehead atoms. The zero-order valence-corrected chi connectivity index (χ0v) is 12.9. The van der Waals surface area contributed by atoms with E-state index in [0.717, 1.165) is 29.6 Å². The topological polar surface area (TPSA) is 46.1 Å². The molecule has 1 aliphatic rings. The summed E-state index contributed by atoms with van der Waals surface area (Å²) >= 11 is 7.71. The van der Waals surface area contributed by atoms with E-state index in [1.165, 1.54) is 0 Å². The third kappa shape index (κ3) is 2.79. The maximum Gasteiger partial charge on any atom is 0.222 e. The number of hydrogen-bond donors (Lipinski definition) is 0. The van der Waals surface area contributed by atoms with Gasteiger partial charge in [-0.05, 0) is 30.2 Å². The van der Waals surface area contributed by atoms with Crippen molar-refractivity contribution in [1.82, 2.24) is 14.9 Å². The van der Waals surface area contributed by atoms with E-state index in [-0.39, 0.29) is 5.91 Å². The Labute approximate surface area is 126 Å². The van der Waals surface area contributed by atoms with E-state index >= 15 is 0 Å². The smallest absolute Gasteiger partial charge is 0.222 e. The van der Waals surface area contributed by atoms with Crippen LogP contribution in [-0.4, -0.2) is 27.3 Å². The van der Waals surface area contributed by atoms with E-state index < -0.39 is 0 Å². The number of likely N-dealkylation sites (tertiary alicyclic amines) is 1. The molecular weight excluding hydrogens is 294 g/mol. The minimum atomic E-state index is 0.195. The molecule has 106 valence electrons. The molecule has 0 radical (unpaired) electrons. The molecule has 4 nitrogen and oxygen atoms in total. The quantitative estimate of drug-likeness (QED) is 0.798. The molecule has 1 saturated heterocycles. The number of carbonyl (C=O) groups excluding carboxylic acids is 1. The monoisotopic (exact) mass is 309 g/mol. The van der Waals surface area contributed by atoms with Crippen molar-refractivity contribution in [2.75, 3.05) is 6.54 Å². The minimum Gasteiger partial charge on any atom is -0.335 e. The highest BCUT2D eigenvalue weighted by Crippen LogP contribution is 2.25. The number of aromatic nitrogens is 2. The molecule has 20 heavy (non-hydrogen) atoms. The van der Waals surface area contributed by atoms with Crippen LogP contribution in [0, 0.1) is 5.92 Å². The summed E-state index contributed by atoms with van der Waals surface area (Å²) < 4.78 is 0. The molecule has 2 aromatic heterocycles. The van der Waals surface area contributed by atoms with Gasteiger partial charge in [0.15, 0.2) is 5.82 Å². The molecule has 0 aromatic carbocycles. The summed E-state index contributed by atoms with van der Waals surface area (Å²) in [4.78, 5) is 23.7. The number of carbonyl (C=O) groups is 1. The number of halogens is 1. The summed E-state index contributed by atoms with van der Waals surface area (Å²) in [5.41, 5.74) is 0. The van der Waals surface area contributed by atoms with Crippen LogP contribution in [0.4, 0.5) is 0 Å². The minimum absolute atomic E-state index is 0.195. The third-order valence-electron chi connectivity index (χ3n) is 3.75. The van der Waals surface area contributed by atoms with Gasteiger partial charge >= 0.3 is 0 Å². The number of nitrogens with zero attached hydrogens (tertiary/aromatic N) is 3. The molecule has 3 heterocycles. The number of hydrogen-bond acceptors (Lipinski definition) is 4. The Hall–Kier alpha value is -1.20. The van der Waals surface area contributed by atoms with Crippen molar-refractivity contribution < 1.29 is 4.79 Å². The molecule has 0 saturated carbocycles. The van der Waals surface area contributed by atoms with E-state index in [9.17, 15) is 4.79 Å². The molecule has 0 spiro atoms. The first-order chi connectivity index (χ1) is 9.63.